The van der Waals surface area contributed by atoms with E-state index < -0.39 is 20.0 Å². The number of nitrogens with one attached hydrogen (secondary N) is 2. The van der Waals surface area contributed by atoms with Gasteiger partial charge in [0.05, 0.1) is 5.75 Å². The van der Waals surface area contributed by atoms with E-state index in [0.29, 0.717) is 4.96 Å². The average Bonchev–Trinajstić information content (AvgIpc) is 2.92. The van der Waals surface area contributed by atoms with Gasteiger partial charge in [-0.25, -0.2) is 32.5 Å². The third-order valence-electron chi connectivity index (χ3n) is 2.51. The summed E-state index contributed by atoms with van der Waals surface area (Å²) < 4.78 is 49.8. The van der Waals surface area contributed by atoms with Crippen LogP contribution in [0.4, 0.5) is 5.82 Å². The fourth-order valence-corrected chi connectivity index (χ4v) is 4.30. The maximum atomic E-state index is 12.3. The minimum Gasteiger partial charge on any atom is -0.306 e. The Kier molecular flexibility index (Phi) is 4.50. The lowest BCUT2D eigenvalue weighted by Crippen LogP contribution is -2.29. The molecule has 0 atom stereocenters. The van der Waals surface area contributed by atoms with Gasteiger partial charge in [-0.05, 0) is 6.42 Å². The van der Waals surface area contributed by atoms with Gasteiger partial charge >= 0.3 is 0 Å². The van der Waals surface area contributed by atoms with Crippen molar-refractivity contribution in [3.63, 3.8) is 0 Å². The summed E-state index contributed by atoms with van der Waals surface area (Å²) in [6.07, 6.45) is 1.61. The molecule has 10 nitrogen and oxygen atoms in total. The molecule has 13 heteroatoms. The number of nitrogen functional groups attached to an aromatic ring is 1. The quantitative estimate of drug-likeness (QED) is 0.271. The molecule has 0 spiro atoms. The van der Waals surface area contributed by atoms with Crippen molar-refractivity contribution in [1.82, 2.24) is 14.1 Å². The molecule has 2 heterocycles. The van der Waals surface area contributed by atoms with Gasteiger partial charge in [0.15, 0.2) is 10.8 Å². The van der Waals surface area contributed by atoms with Gasteiger partial charge in [0.1, 0.15) is 0 Å². The van der Waals surface area contributed by atoms with E-state index in [1.807, 2.05) is 0 Å². The molecule has 2 rings (SSSR count). The number of aromatic nitrogens is 2. The predicted octanol–water partition coefficient (Wildman–Crippen LogP) is -1.36. The monoisotopic (exact) mass is 354 g/mol. The number of imidazole rings is 1. The van der Waals surface area contributed by atoms with Crippen molar-refractivity contribution in [1.29, 1.82) is 0 Å². The first kappa shape index (κ1) is 16.1. The molecule has 2 aromatic heterocycles. The Morgan fingerprint density at radius 3 is 2.67 bits per heavy atom. The fraction of sp³-hybridized carbons (Fsp3) is 0.375. The maximum absolute atomic E-state index is 12.3. The Bertz CT molecular complexity index is 837. The van der Waals surface area contributed by atoms with Crippen LogP contribution in [0.3, 0.4) is 0 Å². The Morgan fingerprint density at radius 2 is 2.05 bits per heavy atom. The molecule has 0 fully saturated rings. The van der Waals surface area contributed by atoms with Gasteiger partial charge in [-0.3, -0.25) is 4.40 Å². The highest BCUT2D eigenvalue weighted by atomic mass is 32.2. The Balaban J connectivity index is 2.19. The first-order chi connectivity index (χ1) is 9.74. The zero-order valence-electron chi connectivity index (χ0n) is 10.7. The number of fused-ring (bicyclic) bond motifs is 1. The Hall–Kier alpha value is -1.25. The largest absolute Gasteiger partial charge is 0.306 e. The van der Waals surface area contributed by atoms with Crippen LogP contribution in [0.25, 0.3) is 4.96 Å². The smallest absolute Gasteiger partial charge is 0.260 e. The van der Waals surface area contributed by atoms with E-state index >= 15 is 0 Å². The lowest BCUT2D eigenvalue weighted by atomic mass is 10.5. The Labute approximate surface area is 125 Å². The molecule has 118 valence electrons. The molecular formula is C8H14N6O4S3. The number of hydrazine groups is 1. The molecule has 0 aliphatic rings. The normalized spacial score (nSPS) is 12.9. The molecular weight excluding hydrogens is 340 g/mol. The number of primary sulfonamides is 1. The average molecular weight is 354 g/mol. The standard InChI is InChI=1S/C8H14N6O4S3/c9-13-6-7(14-3-4-19-8(14)12-6)21(17,18)11-2-1-5-20(10,15)16/h3-4,11,13H,1-2,5,9H2,(H2,10,15,16). The van der Waals surface area contributed by atoms with Gasteiger partial charge in [-0.1, -0.05) is 0 Å². The van der Waals surface area contributed by atoms with Crippen LogP contribution in [-0.2, 0) is 20.0 Å². The van der Waals surface area contributed by atoms with Crippen molar-refractivity contribution >= 4 is 42.2 Å². The number of sulfonamides is 2. The number of nitrogens with zero attached hydrogens (tertiary/aromatic N) is 2. The lowest BCUT2D eigenvalue weighted by molar-refractivity contribution is 0.573. The lowest BCUT2D eigenvalue weighted by Gasteiger charge is -2.07. The van der Waals surface area contributed by atoms with Crippen LogP contribution in [0.1, 0.15) is 6.42 Å². The topological polar surface area (TPSA) is 162 Å². The summed E-state index contributed by atoms with van der Waals surface area (Å²) in [6.45, 7) is -0.0693. The summed E-state index contributed by atoms with van der Waals surface area (Å²) in [6, 6.07) is 0. The summed E-state index contributed by atoms with van der Waals surface area (Å²) in [5.41, 5.74) is 2.23. The zero-order chi connectivity index (χ0) is 15.7. The second-order valence-electron chi connectivity index (χ2n) is 4.08. The van der Waals surface area contributed by atoms with E-state index in [9.17, 15) is 16.8 Å². The van der Waals surface area contributed by atoms with Gasteiger partial charge in [-0.15, -0.1) is 11.3 Å². The van der Waals surface area contributed by atoms with Crippen LogP contribution in [0.15, 0.2) is 16.6 Å². The summed E-state index contributed by atoms with van der Waals surface area (Å²) in [5.74, 6) is 4.98. The highest BCUT2D eigenvalue weighted by molar-refractivity contribution is 7.89. The molecule has 0 saturated carbocycles. The molecule has 0 aliphatic heterocycles. The number of rotatable bonds is 7. The third-order valence-corrected chi connectivity index (χ3v) is 5.60. The summed E-state index contributed by atoms with van der Waals surface area (Å²) in [5, 5.41) is 6.40. The minimum atomic E-state index is -3.89. The van der Waals surface area contributed by atoms with Crippen molar-refractivity contribution in [2.45, 2.75) is 11.4 Å². The first-order valence-corrected chi connectivity index (χ1v) is 9.75. The van der Waals surface area contributed by atoms with Crippen LogP contribution >= 0.6 is 11.3 Å². The third kappa shape index (κ3) is 3.69. The van der Waals surface area contributed by atoms with E-state index in [4.69, 9.17) is 11.0 Å². The van der Waals surface area contributed by atoms with E-state index in [1.165, 1.54) is 15.7 Å². The number of hydrogen-bond donors (Lipinski definition) is 4. The molecule has 2 aromatic rings. The van der Waals surface area contributed by atoms with Gasteiger partial charge < -0.3 is 5.43 Å². The summed E-state index contributed by atoms with van der Waals surface area (Å²) >= 11 is 1.25. The molecule has 0 saturated heterocycles. The summed E-state index contributed by atoms with van der Waals surface area (Å²) in [7, 11) is -7.51. The maximum Gasteiger partial charge on any atom is 0.260 e. The van der Waals surface area contributed by atoms with Crippen molar-refractivity contribution in [3.05, 3.63) is 11.6 Å². The van der Waals surface area contributed by atoms with Crippen molar-refractivity contribution < 1.29 is 16.8 Å². The Morgan fingerprint density at radius 1 is 1.33 bits per heavy atom. The van der Waals surface area contributed by atoms with Gasteiger partial charge in [0.25, 0.3) is 10.0 Å². The molecule has 0 amide bonds. The van der Waals surface area contributed by atoms with E-state index in [-0.39, 0.29) is 29.6 Å². The predicted molar refractivity (Wildman–Crippen MR) is 78.7 cm³/mol. The van der Waals surface area contributed by atoms with Gasteiger partial charge in [-0.2, -0.15) is 4.98 Å². The highest BCUT2D eigenvalue weighted by Gasteiger charge is 2.25. The number of anilines is 1. The van der Waals surface area contributed by atoms with Crippen molar-refractivity contribution in [3.8, 4) is 0 Å². The van der Waals surface area contributed by atoms with Gasteiger partial charge in [0.2, 0.25) is 15.0 Å². The molecule has 6 N–H and O–H groups in total. The number of hydrogen-bond acceptors (Lipinski definition) is 8. The van der Waals surface area contributed by atoms with Crippen LogP contribution in [0, 0.1) is 0 Å². The summed E-state index contributed by atoms with van der Waals surface area (Å²) in [4.78, 5) is 4.50. The fourth-order valence-electron chi connectivity index (χ4n) is 1.66. The van der Waals surface area contributed by atoms with E-state index in [1.54, 1.807) is 11.6 Å². The molecule has 0 unspecified atom stereocenters. The molecule has 0 bridgehead atoms. The molecule has 21 heavy (non-hydrogen) atoms. The highest BCUT2D eigenvalue weighted by Crippen LogP contribution is 2.24. The SMILES string of the molecule is NNc1nc2sccn2c1S(=O)(=O)NCCCS(N)(=O)=O. The molecule has 0 radical (unpaired) electrons. The molecule has 0 aliphatic carbocycles. The van der Waals surface area contributed by atoms with Crippen molar-refractivity contribution in [2.75, 3.05) is 17.7 Å². The minimum absolute atomic E-state index is 0.0146. The molecule has 0 aromatic carbocycles. The van der Waals surface area contributed by atoms with Gasteiger partial charge in [0, 0.05) is 18.1 Å². The second-order valence-corrected chi connectivity index (χ2v) is 8.37. The first-order valence-electron chi connectivity index (χ1n) is 5.67. The van der Waals surface area contributed by atoms with Crippen LogP contribution in [-0.4, -0.2) is 38.5 Å². The van der Waals surface area contributed by atoms with E-state index in [0.717, 1.165) is 0 Å². The second kappa shape index (κ2) is 5.86. The number of thiazole rings is 1. The van der Waals surface area contributed by atoms with Crippen LogP contribution in [0.2, 0.25) is 0 Å². The van der Waals surface area contributed by atoms with Crippen molar-refractivity contribution in [2.24, 2.45) is 11.0 Å². The zero-order valence-corrected chi connectivity index (χ0v) is 13.1. The van der Waals surface area contributed by atoms with Crippen LogP contribution < -0.4 is 21.1 Å². The van der Waals surface area contributed by atoms with E-state index in [2.05, 4.69) is 15.1 Å². The van der Waals surface area contributed by atoms with Crippen LogP contribution in [0.5, 0.6) is 0 Å². The number of nitrogens with two attached hydrogens (primary N) is 2.